The Labute approximate surface area is 58.0 Å². The Morgan fingerprint density at radius 3 is 3.20 bits per heavy atom. The molecule has 0 aliphatic heterocycles. The van der Waals surface area contributed by atoms with Gasteiger partial charge in [0.25, 0.3) is 0 Å². The number of hydrogen-bond donors (Lipinski definition) is 2. The van der Waals surface area contributed by atoms with Crippen molar-refractivity contribution in [3.05, 3.63) is 18.2 Å². The number of hydrogen-bond acceptors (Lipinski definition) is 3. The zero-order valence-electron chi connectivity index (χ0n) is 5.07. The van der Waals surface area contributed by atoms with Crippen molar-refractivity contribution >= 4 is 8.25 Å². The fraction of sp³-hybridized carbons (Fsp3) is 0.250. The van der Waals surface area contributed by atoms with Gasteiger partial charge in [0.1, 0.15) is 0 Å². The van der Waals surface area contributed by atoms with Crippen LogP contribution in [-0.4, -0.2) is 14.9 Å². The monoisotopic (exact) mass is 162 g/mol. The topological polar surface area (TPSA) is 75.2 Å². The van der Waals surface area contributed by atoms with Gasteiger partial charge >= 0.3 is 8.25 Å². The molecule has 5 nitrogen and oxygen atoms in total. The summed E-state index contributed by atoms with van der Waals surface area (Å²) >= 11 is 0. The summed E-state index contributed by atoms with van der Waals surface area (Å²) in [5.74, 6) is 0. The Hall–Kier alpha value is -0.640. The third-order valence-corrected chi connectivity index (χ3v) is 1.29. The minimum Gasteiger partial charge on any atom is -0.351 e. The van der Waals surface area contributed by atoms with E-state index >= 15 is 0 Å². The number of nitrogens with one attached hydrogen (secondary N) is 1. The van der Waals surface area contributed by atoms with Gasteiger partial charge in [-0.2, -0.15) is 0 Å². The van der Waals surface area contributed by atoms with E-state index in [1.807, 2.05) is 0 Å². The van der Waals surface area contributed by atoms with Crippen molar-refractivity contribution in [3.63, 3.8) is 0 Å². The molecule has 0 fully saturated rings. The van der Waals surface area contributed by atoms with Crippen LogP contribution in [0.4, 0.5) is 0 Å². The van der Waals surface area contributed by atoms with Gasteiger partial charge in [0.05, 0.1) is 18.6 Å². The molecule has 0 aliphatic carbocycles. The van der Waals surface area contributed by atoms with Crippen LogP contribution >= 0.6 is 8.25 Å². The second-order valence-corrected chi connectivity index (χ2v) is 2.44. The highest BCUT2D eigenvalue weighted by Gasteiger charge is 1.95. The van der Waals surface area contributed by atoms with Crippen LogP contribution in [-0.2, 0) is 15.7 Å². The molecule has 2 N–H and O–H groups in total. The summed E-state index contributed by atoms with van der Waals surface area (Å²) in [5, 5.41) is 0. The molecule has 1 aromatic heterocycles. The summed E-state index contributed by atoms with van der Waals surface area (Å²) in [7, 11) is -2.81. The molecule has 0 amide bonds. The third kappa shape index (κ3) is 2.31. The molecule has 1 unspecified atom stereocenters. The summed E-state index contributed by atoms with van der Waals surface area (Å²) in [6, 6.07) is 0. The first-order valence-corrected chi connectivity index (χ1v) is 3.89. The lowest BCUT2D eigenvalue weighted by atomic mass is 10.5. The van der Waals surface area contributed by atoms with Crippen molar-refractivity contribution in [2.75, 3.05) is 0 Å². The van der Waals surface area contributed by atoms with Gasteiger partial charge in [-0.05, 0) is 0 Å². The third-order valence-electron chi connectivity index (χ3n) is 0.898. The molecule has 0 radical (unpaired) electrons. The maximum Gasteiger partial charge on any atom is 0.316 e. The fourth-order valence-corrected chi connectivity index (χ4v) is 0.777. The molecule has 1 atom stereocenters. The van der Waals surface area contributed by atoms with Crippen molar-refractivity contribution in [2.24, 2.45) is 0 Å². The van der Waals surface area contributed by atoms with Gasteiger partial charge < -0.3 is 14.4 Å². The molecule has 0 saturated carbocycles. The standard InChI is InChI=1S/C4H7N2O3P/c7-10(8)9-2-4-1-5-3-6-4/h1,3,10H,2H2,(H,5,6)(H,7,8). The minimum absolute atomic E-state index is 0.0811. The average Bonchev–Trinajstić information content (AvgIpc) is 2.34. The Balaban J connectivity index is 2.35. The zero-order chi connectivity index (χ0) is 7.40. The quantitative estimate of drug-likeness (QED) is 0.627. The second-order valence-electron chi connectivity index (χ2n) is 1.62. The number of H-pyrrole nitrogens is 1. The number of nitrogens with zero attached hydrogens (tertiary/aromatic N) is 1. The van der Waals surface area contributed by atoms with E-state index in [4.69, 9.17) is 4.89 Å². The molecule has 1 heterocycles. The van der Waals surface area contributed by atoms with Crippen LogP contribution in [0.1, 0.15) is 5.69 Å². The molecule has 0 bridgehead atoms. The van der Waals surface area contributed by atoms with E-state index in [-0.39, 0.29) is 6.61 Å². The van der Waals surface area contributed by atoms with Crippen molar-refractivity contribution in [1.29, 1.82) is 0 Å². The summed E-state index contributed by atoms with van der Waals surface area (Å²) in [5.41, 5.74) is 0.618. The van der Waals surface area contributed by atoms with Crippen LogP contribution in [0.15, 0.2) is 12.5 Å². The van der Waals surface area contributed by atoms with E-state index in [9.17, 15) is 4.57 Å². The highest BCUT2D eigenvalue weighted by atomic mass is 31.1. The summed E-state index contributed by atoms with van der Waals surface area (Å²) in [6.45, 7) is 0.0811. The van der Waals surface area contributed by atoms with Crippen molar-refractivity contribution in [3.8, 4) is 0 Å². The van der Waals surface area contributed by atoms with Crippen molar-refractivity contribution < 1.29 is 14.0 Å². The molecule has 0 aromatic carbocycles. The van der Waals surface area contributed by atoms with Gasteiger partial charge in [0.2, 0.25) is 0 Å². The molecule has 0 aliphatic rings. The van der Waals surface area contributed by atoms with Crippen molar-refractivity contribution in [1.82, 2.24) is 9.97 Å². The molecule has 0 spiro atoms. The van der Waals surface area contributed by atoms with Crippen LogP contribution in [0.5, 0.6) is 0 Å². The highest BCUT2D eigenvalue weighted by Crippen LogP contribution is 2.16. The van der Waals surface area contributed by atoms with E-state index < -0.39 is 8.25 Å². The molecule has 6 heteroatoms. The lowest BCUT2D eigenvalue weighted by Gasteiger charge is -1.93. The second kappa shape index (κ2) is 3.51. The highest BCUT2D eigenvalue weighted by molar-refractivity contribution is 7.32. The Bertz CT molecular complexity index is 210. The zero-order valence-corrected chi connectivity index (χ0v) is 6.07. The lowest BCUT2D eigenvalue weighted by Crippen LogP contribution is -1.83. The first kappa shape index (κ1) is 7.47. The maximum atomic E-state index is 10.0. The van der Waals surface area contributed by atoms with Crippen LogP contribution < -0.4 is 0 Å². The summed E-state index contributed by atoms with van der Waals surface area (Å²) in [6.07, 6.45) is 3.08. The number of rotatable bonds is 3. The van der Waals surface area contributed by atoms with Crippen molar-refractivity contribution in [2.45, 2.75) is 6.61 Å². The average molecular weight is 162 g/mol. The molecule has 0 saturated heterocycles. The van der Waals surface area contributed by atoms with E-state index in [0.29, 0.717) is 5.69 Å². The van der Waals surface area contributed by atoms with Gasteiger partial charge in [-0.3, -0.25) is 4.57 Å². The van der Waals surface area contributed by atoms with E-state index in [2.05, 4.69) is 14.5 Å². The number of aromatic amines is 1. The van der Waals surface area contributed by atoms with Crippen LogP contribution in [0, 0.1) is 0 Å². The van der Waals surface area contributed by atoms with Gasteiger partial charge in [0, 0.05) is 6.20 Å². The normalized spacial score (nSPS) is 13.3. The van der Waals surface area contributed by atoms with Crippen LogP contribution in [0.2, 0.25) is 0 Å². The molecule has 1 aromatic rings. The van der Waals surface area contributed by atoms with Gasteiger partial charge in [0.15, 0.2) is 0 Å². The first-order chi connectivity index (χ1) is 4.79. The Morgan fingerprint density at radius 1 is 1.90 bits per heavy atom. The van der Waals surface area contributed by atoms with E-state index in [0.717, 1.165) is 0 Å². The molecule has 10 heavy (non-hydrogen) atoms. The smallest absolute Gasteiger partial charge is 0.316 e. The van der Waals surface area contributed by atoms with Gasteiger partial charge in [-0.1, -0.05) is 0 Å². The minimum atomic E-state index is -2.81. The summed E-state index contributed by atoms with van der Waals surface area (Å²) in [4.78, 5) is 14.7. The largest absolute Gasteiger partial charge is 0.351 e. The SMILES string of the molecule is O=[PH](O)OCc1c[nH]cn1. The maximum absolute atomic E-state index is 10.0. The predicted octanol–water partition coefficient (Wildman–Crippen LogP) is 0.308. The van der Waals surface area contributed by atoms with Gasteiger partial charge in [-0.15, -0.1) is 0 Å². The summed E-state index contributed by atoms with van der Waals surface area (Å²) < 4.78 is 14.4. The van der Waals surface area contributed by atoms with Gasteiger partial charge in [-0.25, -0.2) is 4.98 Å². The lowest BCUT2D eigenvalue weighted by molar-refractivity contribution is 0.269. The molecule has 1 rings (SSSR count). The Kier molecular flexibility index (Phi) is 2.62. The number of aromatic nitrogens is 2. The van der Waals surface area contributed by atoms with E-state index in [1.165, 1.54) is 6.33 Å². The molecule has 56 valence electrons. The molecular weight excluding hydrogens is 155 g/mol. The van der Waals surface area contributed by atoms with Crippen LogP contribution in [0.3, 0.4) is 0 Å². The van der Waals surface area contributed by atoms with E-state index in [1.54, 1.807) is 6.20 Å². The predicted molar refractivity (Wildman–Crippen MR) is 34.6 cm³/mol. The first-order valence-electron chi connectivity index (χ1n) is 2.62. The Morgan fingerprint density at radius 2 is 2.70 bits per heavy atom. The number of imidazole rings is 1. The van der Waals surface area contributed by atoms with Crippen LogP contribution in [0.25, 0.3) is 0 Å². The molecular formula is C4H7N2O3P. The fourth-order valence-electron chi connectivity index (χ4n) is 0.506.